The summed E-state index contributed by atoms with van der Waals surface area (Å²) in [6.45, 7) is 0. The minimum atomic E-state index is -0.825. The molecule has 97 valence electrons. The predicted molar refractivity (Wildman–Crippen MR) is 59.4 cm³/mol. The third-order valence-corrected chi connectivity index (χ3v) is 2.36. The van der Waals surface area contributed by atoms with Gasteiger partial charge in [0.2, 0.25) is 0 Å². The average molecular weight is 502 g/mol. The van der Waals surface area contributed by atoms with E-state index < -0.39 is 23.8 Å². The van der Waals surface area contributed by atoms with Crippen molar-refractivity contribution < 1.29 is 68.2 Å². The van der Waals surface area contributed by atoms with Crippen molar-refractivity contribution in [2.75, 3.05) is 0 Å². The quantitative estimate of drug-likeness (QED) is 0.456. The summed E-state index contributed by atoms with van der Waals surface area (Å²) >= 11 is 0. The maximum atomic E-state index is 11.7. The van der Waals surface area contributed by atoms with Gasteiger partial charge in [0.15, 0.2) is 0 Å². The van der Waals surface area contributed by atoms with E-state index in [1.807, 2.05) is 0 Å². The molecule has 1 atom stereocenters. The summed E-state index contributed by atoms with van der Waals surface area (Å²) in [5, 5.41) is 7.03. The van der Waals surface area contributed by atoms with Gasteiger partial charge < -0.3 is 25.0 Å². The van der Waals surface area contributed by atoms with E-state index >= 15 is 0 Å². The van der Waals surface area contributed by atoms with E-state index in [9.17, 15) is 14.4 Å². The number of amides is 3. The zero-order chi connectivity index (χ0) is 12.3. The number of hydrogen-bond donors (Lipinski definition) is 0. The number of carbonyl (C=O) groups is 3. The van der Waals surface area contributed by atoms with Crippen LogP contribution in [0.1, 0.15) is 23.2 Å². The monoisotopic (exact) mass is 502 g/mol. The SMILES string of the molecule is O=C1CCC([N-]C(=O)c2[c-]cccc2)C(=O)[N-]1.[W].[Y]. The standard InChI is InChI=1S/C12H11N2O3.W.Y/c15-10-7-6-9(12(17)14-10)13-11(16)8-4-2-1-3-5-8;;/h1-4,9H,6-7H2,(H2,13,14,15,16,17);;/q-1;;/p-2. The van der Waals surface area contributed by atoms with Crippen molar-refractivity contribution in [2.45, 2.75) is 18.9 Å². The Labute approximate surface area is 150 Å². The summed E-state index contributed by atoms with van der Waals surface area (Å²) in [6, 6.07) is 8.49. The Morgan fingerprint density at radius 2 is 2.11 bits per heavy atom. The molecule has 1 aliphatic rings. The van der Waals surface area contributed by atoms with Crippen LogP contribution in [0.25, 0.3) is 10.6 Å². The van der Waals surface area contributed by atoms with E-state index in [-0.39, 0.29) is 66.6 Å². The third-order valence-electron chi connectivity index (χ3n) is 2.36. The number of carbonyl (C=O) groups excluding carboxylic acids is 3. The van der Waals surface area contributed by atoms with Crippen LogP contribution in [-0.4, -0.2) is 23.8 Å². The van der Waals surface area contributed by atoms with Gasteiger partial charge in [-0.1, -0.05) is 12.5 Å². The van der Waals surface area contributed by atoms with Gasteiger partial charge in [0.25, 0.3) is 0 Å². The van der Waals surface area contributed by atoms with E-state index in [1.54, 1.807) is 24.3 Å². The van der Waals surface area contributed by atoms with Crippen molar-refractivity contribution in [3.63, 3.8) is 0 Å². The molecule has 0 spiro atoms. The molecule has 1 aromatic carbocycles. The number of rotatable bonds is 2. The Bertz CT molecular complexity index is 467. The first kappa shape index (κ1) is 18.6. The van der Waals surface area contributed by atoms with E-state index in [4.69, 9.17) is 0 Å². The molecule has 5 nitrogen and oxygen atoms in total. The molecule has 0 aliphatic carbocycles. The predicted octanol–water partition coefficient (Wildman–Crippen LogP) is 1.58. The number of hydrogen-bond acceptors (Lipinski definition) is 3. The molecular weight excluding hydrogens is 493 g/mol. The number of imide groups is 1. The maximum absolute atomic E-state index is 11.7. The van der Waals surface area contributed by atoms with E-state index in [1.165, 1.54) is 0 Å². The number of benzene rings is 1. The van der Waals surface area contributed by atoms with Crippen molar-refractivity contribution in [3.05, 3.63) is 46.5 Å². The molecule has 1 radical (unpaired) electrons. The van der Waals surface area contributed by atoms with Crippen LogP contribution < -0.4 is 0 Å². The van der Waals surface area contributed by atoms with Crippen LogP contribution >= 0.6 is 0 Å². The van der Waals surface area contributed by atoms with E-state index in [0.29, 0.717) is 5.56 Å². The Balaban J connectivity index is 0.00000162. The molecule has 0 bridgehead atoms. The first-order chi connectivity index (χ1) is 8.16. The van der Waals surface area contributed by atoms with Gasteiger partial charge in [0.05, 0.1) is 5.91 Å². The molecular formula is C12H9N2O3WY-3. The second-order valence-corrected chi connectivity index (χ2v) is 3.61. The van der Waals surface area contributed by atoms with Crippen molar-refractivity contribution >= 4 is 17.7 Å². The molecule has 1 saturated heterocycles. The fourth-order valence-electron chi connectivity index (χ4n) is 1.49. The summed E-state index contributed by atoms with van der Waals surface area (Å²) in [5.74, 6) is -1.58. The van der Waals surface area contributed by atoms with Crippen LogP contribution in [0.3, 0.4) is 0 Å². The van der Waals surface area contributed by atoms with E-state index in [2.05, 4.69) is 16.7 Å². The van der Waals surface area contributed by atoms with Crippen LogP contribution in [-0.2, 0) is 63.4 Å². The molecule has 1 unspecified atom stereocenters. The van der Waals surface area contributed by atoms with Gasteiger partial charge in [0.1, 0.15) is 0 Å². The van der Waals surface area contributed by atoms with Gasteiger partial charge in [-0.25, -0.2) is 0 Å². The number of nitrogens with zero attached hydrogens (tertiary/aromatic N) is 2. The van der Waals surface area contributed by atoms with Gasteiger partial charge >= 0.3 is 0 Å². The van der Waals surface area contributed by atoms with Crippen molar-refractivity contribution in [1.29, 1.82) is 0 Å². The van der Waals surface area contributed by atoms with Gasteiger partial charge in [-0.05, 0) is 12.3 Å². The first-order valence-corrected chi connectivity index (χ1v) is 5.17. The zero-order valence-corrected chi connectivity index (χ0v) is 15.7. The second kappa shape index (κ2) is 8.73. The summed E-state index contributed by atoms with van der Waals surface area (Å²) in [6.07, 6.45) is 0.408. The normalized spacial score (nSPS) is 17.6. The molecule has 1 fully saturated rings. The van der Waals surface area contributed by atoms with Gasteiger partial charge in [-0.15, -0.1) is 35.9 Å². The van der Waals surface area contributed by atoms with Crippen molar-refractivity contribution in [2.24, 2.45) is 0 Å². The summed E-state index contributed by atoms with van der Waals surface area (Å²) in [4.78, 5) is 33.8. The molecule has 1 aliphatic heterocycles. The molecule has 1 aromatic rings. The Hall–Kier alpha value is -0.378. The number of piperidine rings is 1. The Morgan fingerprint density at radius 3 is 2.68 bits per heavy atom. The van der Waals surface area contributed by atoms with Crippen LogP contribution in [0.5, 0.6) is 0 Å². The van der Waals surface area contributed by atoms with Crippen LogP contribution in [0.15, 0.2) is 24.3 Å². The molecule has 7 heteroatoms. The van der Waals surface area contributed by atoms with Crippen LogP contribution in [0.2, 0.25) is 0 Å². The third kappa shape index (κ3) is 5.25. The molecule has 0 saturated carbocycles. The average Bonchev–Trinajstić information content (AvgIpc) is 2.34. The fourth-order valence-corrected chi connectivity index (χ4v) is 1.49. The van der Waals surface area contributed by atoms with Crippen molar-refractivity contribution in [1.82, 2.24) is 0 Å². The topological polar surface area (TPSA) is 79.4 Å². The maximum Gasteiger partial charge on any atom is 0.0564 e. The van der Waals surface area contributed by atoms with Gasteiger partial charge in [0, 0.05) is 59.7 Å². The molecule has 1 heterocycles. The molecule has 2 rings (SSSR count). The summed E-state index contributed by atoms with van der Waals surface area (Å²) in [5.41, 5.74) is 0.303. The smallest absolute Gasteiger partial charge is 0.0564 e. The van der Waals surface area contributed by atoms with Crippen molar-refractivity contribution in [3.8, 4) is 0 Å². The molecule has 0 aromatic heterocycles. The van der Waals surface area contributed by atoms with Gasteiger partial charge in [-0.3, -0.25) is 0 Å². The summed E-state index contributed by atoms with van der Waals surface area (Å²) in [7, 11) is 0. The Kier molecular flexibility index (Phi) is 8.55. The molecule has 3 amide bonds. The Morgan fingerprint density at radius 1 is 1.37 bits per heavy atom. The first-order valence-electron chi connectivity index (χ1n) is 5.17. The molecule has 19 heavy (non-hydrogen) atoms. The van der Waals surface area contributed by atoms with Crippen LogP contribution in [0.4, 0.5) is 0 Å². The minimum absolute atomic E-state index is 0. The van der Waals surface area contributed by atoms with Gasteiger partial charge in [-0.2, -0.15) is 0 Å². The molecule has 0 N–H and O–H groups in total. The van der Waals surface area contributed by atoms with Crippen LogP contribution in [0, 0.1) is 6.07 Å². The second-order valence-electron chi connectivity index (χ2n) is 3.61. The minimum Gasteiger partial charge on any atom is -0.687 e. The van der Waals surface area contributed by atoms with E-state index in [0.717, 1.165) is 0 Å². The largest absolute Gasteiger partial charge is 0.687 e. The summed E-state index contributed by atoms with van der Waals surface area (Å²) < 4.78 is 0. The fraction of sp³-hybridized carbons (Fsp3) is 0.250. The zero-order valence-electron chi connectivity index (χ0n) is 9.91.